The van der Waals surface area contributed by atoms with Gasteiger partial charge in [0.15, 0.2) is 0 Å². The number of hydrogen-bond donors (Lipinski definition) is 2. The lowest BCUT2D eigenvalue weighted by atomic mass is 9.94. The number of halogens is 2. The number of benzene rings is 1. The van der Waals surface area contributed by atoms with Gasteiger partial charge in [-0.05, 0) is 31.1 Å². The maximum Gasteiger partial charge on any atom is 0.258 e. The number of aliphatic imine (C=N–C) groups is 1. The van der Waals surface area contributed by atoms with Crippen LogP contribution in [-0.4, -0.2) is 16.7 Å². The molecule has 0 saturated heterocycles. The number of amidine groups is 1. The Morgan fingerprint density at radius 1 is 1.36 bits per heavy atom. The molecule has 1 fully saturated rings. The predicted octanol–water partition coefficient (Wildman–Crippen LogP) is 3.42. The molecule has 0 bridgehead atoms. The highest BCUT2D eigenvalue weighted by atomic mass is 35.5. The number of carbonyl (C=O) groups is 1. The smallest absolute Gasteiger partial charge is 0.258 e. The number of hydrogen-bond acceptors (Lipinski definition) is 3. The van der Waals surface area contributed by atoms with Crippen LogP contribution < -0.4 is 11.1 Å². The van der Waals surface area contributed by atoms with E-state index in [-0.39, 0.29) is 5.84 Å². The number of pyridine rings is 1. The number of carbonyl (C=O) groups excluding carboxylic acids is 1. The average Bonchev–Trinajstić information content (AvgIpc) is 3.39. The van der Waals surface area contributed by atoms with Crippen molar-refractivity contribution >= 4 is 29.0 Å². The fourth-order valence-electron chi connectivity index (χ4n) is 2.54. The van der Waals surface area contributed by atoms with E-state index < -0.39 is 17.1 Å². The Morgan fingerprint density at radius 2 is 2.12 bits per heavy atom. The number of amides is 1. The van der Waals surface area contributed by atoms with Gasteiger partial charge in [-0.25, -0.2) is 4.39 Å². The van der Waals surface area contributed by atoms with E-state index >= 15 is 0 Å². The van der Waals surface area contributed by atoms with Crippen LogP contribution in [0.15, 0.2) is 60.0 Å². The lowest BCUT2D eigenvalue weighted by Gasteiger charge is -2.12. The number of anilines is 1. The third-order valence-electron chi connectivity index (χ3n) is 4.04. The minimum absolute atomic E-state index is 0.0327. The van der Waals surface area contributed by atoms with Crippen molar-refractivity contribution in [2.24, 2.45) is 10.7 Å². The zero-order chi connectivity index (χ0) is 17.9. The van der Waals surface area contributed by atoms with Gasteiger partial charge in [-0.3, -0.25) is 9.78 Å². The minimum Gasteiger partial charge on any atom is -0.384 e. The molecule has 1 saturated carbocycles. The van der Waals surface area contributed by atoms with Crippen molar-refractivity contribution in [3.05, 3.63) is 71.4 Å². The van der Waals surface area contributed by atoms with Crippen molar-refractivity contribution in [3.63, 3.8) is 0 Å². The number of nitrogens with one attached hydrogen (secondary N) is 1. The summed E-state index contributed by atoms with van der Waals surface area (Å²) in [4.78, 5) is 20.2. The second-order valence-corrected chi connectivity index (χ2v) is 6.14. The standard InChI is InChI=1S/C18H16ClFN4O/c19-13-11-22-9-5-15(13)23-10-6-16(21)24-17(25)18(7-8-18)12-3-1-2-4-14(12)20/h1-6,9-11H,7-8H2,(H,22,23)(H2,21,24,25)/b10-6-. The molecule has 1 aliphatic rings. The third-order valence-corrected chi connectivity index (χ3v) is 4.35. The molecular weight excluding hydrogens is 343 g/mol. The van der Waals surface area contributed by atoms with E-state index in [2.05, 4.69) is 15.3 Å². The predicted molar refractivity (Wildman–Crippen MR) is 96.0 cm³/mol. The summed E-state index contributed by atoms with van der Waals surface area (Å²) >= 11 is 5.96. The number of aromatic nitrogens is 1. The van der Waals surface area contributed by atoms with Crippen LogP contribution in [0.2, 0.25) is 5.02 Å². The van der Waals surface area contributed by atoms with Crippen molar-refractivity contribution in [2.45, 2.75) is 18.3 Å². The van der Waals surface area contributed by atoms with Crippen LogP contribution in [0.25, 0.3) is 0 Å². The molecule has 0 unspecified atom stereocenters. The molecule has 0 atom stereocenters. The minimum atomic E-state index is -0.883. The van der Waals surface area contributed by atoms with E-state index in [0.29, 0.717) is 29.1 Å². The maximum atomic E-state index is 14.0. The molecule has 1 amide bonds. The van der Waals surface area contributed by atoms with Gasteiger partial charge in [0.05, 0.1) is 16.1 Å². The first-order valence-electron chi connectivity index (χ1n) is 7.69. The highest BCUT2D eigenvalue weighted by molar-refractivity contribution is 6.33. The van der Waals surface area contributed by atoms with E-state index in [1.54, 1.807) is 30.5 Å². The lowest BCUT2D eigenvalue weighted by Crippen LogP contribution is -2.23. The van der Waals surface area contributed by atoms with Crippen molar-refractivity contribution in [2.75, 3.05) is 5.32 Å². The molecule has 1 aliphatic carbocycles. The van der Waals surface area contributed by atoms with Crippen LogP contribution in [0.5, 0.6) is 0 Å². The van der Waals surface area contributed by atoms with E-state index in [1.807, 2.05) is 0 Å². The van der Waals surface area contributed by atoms with Gasteiger partial charge in [0.1, 0.15) is 11.7 Å². The Kier molecular flexibility index (Phi) is 4.81. The summed E-state index contributed by atoms with van der Waals surface area (Å²) in [5.74, 6) is -0.793. The molecule has 0 radical (unpaired) electrons. The fourth-order valence-corrected chi connectivity index (χ4v) is 2.72. The van der Waals surface area contributed by atoms with Crippen molar-refractivity contribution in [1.82, 2.24) is 4.98 Å². The van der Waals surface area contributed by atoms with E-state index in [9.17, 15) is 9.18 Å². The topological polar surface area (TPSA) is 80.4 Å². The third kappa shape index (κ3) is 3.69. The molecule has 5 nitrogen and oxygen atoms in total. The van der Waals surface area contributed by atoms with Crippen molar-refractivity contribution < 1.29 is 9.18 Å². The van der Waals surface area contributed by atoms with Crippen molar-refractivity contribution in [3.8, 4) is 0 Å². The summed E-state index contributed by atoms with van der Waals surface area (Å²) in [7, 11) is 0. The number of rotatable bonds is 5. The van der Waals surface area contributed by atoms with Crippen LogP contribution in [0.3, 0.4) is 0 Å². The van der Waals surface area contributed by atoms with Crippen LogP contribution in [0.4, 0.5) is 10.1 Å². The maximum absolute atomic E-state index is 14.0. The first-order chi connectivity index (χ1) is 12.0. The first kappa shape index (κ1) is 17.1. The average molecular weight is 359 g/mol. The Hall–Kier alpha value is -2.73. The largest absolute Gasteiger partial charge is 0.384 e. The summed E-state index contributed by atoms with van der Waals surface area (Å²) in [5, 5.41) is 3.38. The molecule has 0 aliphatic heterocycles. The van der Waals surface area contributed by atoms with Gasteiger partial charge in [-0.1, -0.05) is 29.8 Å². The second kappa shape index (κ2) is 7.03. The van der Waals surface area contributed by atoms with E-state index in [0.717, 1.165) is 0 Å². The van der Waals surface area contributed by atoms with Crippen LogP contribution in [0, 0.1) is 5.82 Å². The van der Waals surface area contributed by atoms with Gasteiger partial charge in [0.25, 0.3) is 5.91 Å². The molecule has 3 N–H and O–H groups in total. The molecule has 128 valence electrons. The fraction of sp³-hybridized carbons (Fsp3) is 0.167. The van der Waals surface area contributed by atoms with E-state index in [1.165, 1.54) is 24.5 Å². The quantitative estimate of drug-likeness (QED) is 0.634. The molecule has 1 aromatic heterocycles. The van der Waals surface area contributed by atoms with Gasteiger partial charge >= 0.3 is 0 Å². The summed E-state index contributed by atoms with van der Waals surface area (Å²) in [6, 6.07) is 7.96. The molecule has 7 heteroatoms. The Morgan fingerprint density at radius 3 is 2.80 bits per heavy atom. The SMILES string of the molecule is NC(/C=C\Nc1ccncc1Cl)=NC(=O)C1(c2ccccc2F)CC1. The molecule has 0 spiro atoms. The zero-order valence-electron chi connectivity index (χ0n) is 13.2. The Bertz CT molecular complexity index is 862. The first-order valence-corrected chi connectivity index (χ1v) is 8.07. The van der Waals surface area contributed by atoms with Gasteiger partial charge in [0.2, 0.25) is 0 Å². The zero-order valence-corrected chi connectivity index (χ0v) is 14.0. The molecule has 25 heavy (non-hydrogen) atoms. The summed E-state index contributed by atoms with van der Waals surface area (Å²) in [5.41, 5.74) is 5.92. The van der Waals surface area contributed by atoms with Crippen LogP contribution in [0.1, 0.15) is 18.4 Å². The highest BCUT2D eigenvalue weighted by Crippen LogP contribution is 2.50. The van der Waals surface area contributed by atoms with E-state index in [4.69, 9.17) is 17.3 Å². The van der Waals surface area contributed by atoms with Gasteiger partial charge in [-0.2, -0.15) is 4.99 Å². The van der Waals surface area contributed by atoms with Gasteiger partial charge < -0.3 is 11.1 Å². The normalized spacial score (nSPS) is 16.0. The Balaban J connectivity index is 1.70. The summed E-state index contributed by atoms with van der Waals surface area (Å²) < 4.78 is 14.0. The van der Waals surface area contributed by atoms with Crippen LogP contribution in [-0.2, 0) is 10.2 Å². The molecular formula is C18H16ClFN4O. The highest BCUT2D eigenvalue weighted by Gasteiger charge is 2.52. The van der Waals surface area contributed by atoms with Gasteiger partial charge in [0, 0.05) is 24.2 Å². The molecule has 1 heterocycles. The number of nitrogens with zero attached hydrogens (tertiary/aromatic N) is 2. The second-order valence-electron chi connectivity index (χ2n) is 5.74. The van der Waals surface area contributed by atoms with Gasteiger partial charge in [-0.15, -0.1) is 0 Å². The Labute approximate surface area is 149 Å². The van der Waals surface area contributed by atoms with Crippen LogP contribution >= 0.6 is 11.6 Å². The lowest BCUT2D eigenvalue weighted by molar-refractivity contribution is -0.120. The monoisotopic (exact) mass is 358 g/mol. The number of nitrogens with two attached hydrogens (primary N) is 1. The molecule has 1 aromatic carbocycles. The summed E-state index contributed by atoms with van der Waals surface area (Å²) in [6.07, 6.45) is 7.20. The van der Waals surface area contributed by atoms with Crippen molar-refractivity contribution in [1.29, 1.82) is 0 Å². The molecule has 2 aromatic rings. The molecule has 3 rings (SSSR count). The summed E-state index contributed by atoms with van der Waals surface area (Å²) in [6.45, 7) is 0.